The number of allylic oxidation sites excluding steroid dienone is 2. The zero-order chi connectivity index (χ0) is 20.2. The van der Waals surface area contributed by atoms with E-state index in [9.17, 15) is 8.78 Å². The Labute approximate surface area is 169 Å². The fourth-order valence-electron chi connectivity index (χ4n) is 4.50. The smallest absolute Gasteiger partial charge is 0.162 e. The number of hydrogen-bond acceptors (Lipinski definition) is 3. The van der Waals surface area contributed by atoms with Gasteiger partial charge in [-0.3, -0.25) is 0 Å². The van der Waals surface area contributed by atoms with Gasteiger partial charge in [-0.2, -0.15) is 0 Å². The zero-order valence-electron chi connectivity index (χ0n) is 16.4. The van der Waals surface area contributed by atoms with Gasteiger partial charge in [0.05, 0.1) is 6.61 Å². The van der Waals surface area contributed by atoms with E-state index in [0.717, 1.165) is 36.3 Å². The number of benzene rings is 2. The molecule has 0 bridgehead atoms. The van der Waals surface area contributed by atoms with Gasteiger partial charge in [0, 0.05) is 46.6 Å². The van der Waals surface area contributed by atoms with Crippen LogP contribution in [0.3, 0.4) is 0 Å². The first-order chi connectivity index (χ1) is 13.9. The molecular formula is C24H24F2N2O. The zero-order valence-corrected chi connectivity index (χ0v) is 16.4. The molecule has 3 aliphatic rings. The van der Waals surface area contributed by atoms with Crippen LogP contribution >= 0.6 is 0 Å². The summed E-state index contributed by atoms with van der Waals surface area (Å²) in [6, 6.07) is 10.8. The third-order valence-electron chi connectivity index (χ3n) is 6.56. The van der Waals surface area contributed by atoms with Crippen LogP contribution in [-0.2, 0) is 0 Å². The number of fused-ring (bicyclic) bond motifs is 1. The van der Waals surface area contributed by atoms with Gasteiger partial charge in [0.15, 0.2) is 11.6 Å². The van der Waals surface area contributed by atoms with Crippen LogP contribution < -0.4 is 15.4 Å². The van der Waals surface area contributed by atoms with Crippen LogP contribution in [0.25, 0.3) is 5.57 Å². The van der Waals surface area contributed by atoms with E-state index in [1.54, 1.807) is 0 Å². The minimum atomic E-state index is -0.863. The average molecular weight is 394 g/mol. The third kappa shape index (κ3) is 3.18. The number of ether oxygens (including phenoxy) is 1. The van der Waals surface area contributed by atoms with Gasteiger partial charge in [-0.05, 0) is 55.5 Å². The van der Waals surface area contributed by atoms with E-state index in [4.69, 9.17) is 4.74 Å². The first-order valence-electron chi connectivity index (χ1n) is 10.1. The quantitative estimate of drug-likeness (QED) is 0.695. The second kappa shape index (κ2) is 6.61. The SMILES string of the molecule is C=C(CC1c2cc(F)c(F)cc2OCC12CC2)Nc1ccc(C2=C(C)NC2)cc1. The summed E-state index contributed by atoms with van der Waals surface area (Å²) in [6.45, 7) is 7.76. The highest BCUT2D eigenvalue weighted by atomic mass is 19.2. The van der Waals surface area contributed by atoms with Gasteiger partial charge < -0.3 is 15.4 Å². The average Bonchev–Trinajstić information content (AvgIpc) is 3.47. The van der Waals surface area contributed by atoms with Crippen molar-refractivity contribution in [1.29, 1.82) is 0 Å². The Hall–Kier alpha value is -2.82. The van der Waals surface area contributed by atoms with E-state index >= 15 is 0 Å². The van der Waals surface area contributed by atoms with Crippen LogP contribution in [0.1, 0.15) is 43.2 Å². The van der Waals surface area contributed by atoms with Gasteiger partial charge in [-0.25, -0.2) is 8.78 Å². The molecule has 2 N–H and O–H groups in total. The van der Waals surface area contributed by atoms with Crippen LogP contribution in [-0.4, -0.2) is 13.2 Å². The summed E-state index contributed by atoms with van der Waals surface area (Å²) in [5.41, 5.74) is 6.42. The largest absolute Gasteiger partial charge is 0.493 e. The van der Waals surface area contributed by atoms with Gasteiger partial charge in [0.1, 0.15) is 5.75 Å². The van der Waals surface area contributed by atoms with Crippen molar-refractivity contribution in [2.24, 2.45) is 5.41 Å². The van der Waals surface area contributed by atoms with Crippen LogP contribution in [0, 0.1) is 17.0 Å². The summed E-state index contributed by atoms with van der Waals surface area (Å²) >= 11 is 0. The highest BCUT2D eigenvalue weighted by Gasteiger charge is 2.53. The number of nitrogens with one attached hydrogen (secondary N) is 2. The monoisotopic (exact) mass is 394 g/mol. The molecule has 1 spiro atoms. The van der Waals surface area contributed by atoms with Crippen LogP contribution in [0.5, 0.6) is 5.75 Å². The molecule has 1 atom stereocenters. The third-order valence-corrected chi connectivity index (χ3v) is 6.56. The maximum atomic E-state index is 13.9. The first-order valence-corrected chi connectivity index (χ1v) is 10.1. The summed E-state index contributed by atoms with van der Waals surface area (Å²) in [5, 5.41) is 6.66. The van der Waals surface area contributed by atoms with Crippen molar-refractivity contribution in [3.63, 3.8) is 0 Å². The summed E-state index contributed by atoms with van der Waals surface area (Å²) in [4.78, 5) is 0. The molecule has 1 unspecified atom stereocenters. The van der Waals surface area contributed by atoms with E-state index in [1.807, 2.05) is 0 Å². The molecule has 5 heteroatoms. The van der Waals surface area contributed by atoms with E-state index in [0.29, 0.717) is 18.8 Å². The fraction of sp³-hybridized carbons (Fsp3) is 0.333. The van der Waals surface area contributed by atoms with Crippen molar-refractivity contribution in [3.8, 4) is 5.75 Å². The van der Waals surface area contributed by atoms with Gasteiger partial charge in [0.25, 0.3) is 0 Å². The Kier molecular flexibility index (Phi) is 4.16. The second-order valence-corrected chi connectivity index (χ2v) is 8.47. The molecule has 2 aromatic carbocycles. The highest BCUT2D eigenvalue weighted by Crippen LogP contribution is 2.61. The van der Waals surface area contributed by atoms with Crippen molar-refractivity contribution < 1.29 is 13.5 Å². The molecule has 2 aliphatic heterocycles. The molecule has 29 heavy (non-hydrogen) atoms. The number of hydrogen-bond donors (Lipinski definition) is 2. The molecular weight excluding hydrogens is 370 g/mol. The predicted molar refractivity (Wildman–Crippen MR) is 111 cm³/mol. The van der Waals surface area contributed by atoms with Crippen LogP contribution in [0.15, 0.2) is 54.4 Å². The number of anilines is 1. The molecule has 2 heterocycles. The molecule has 3 nitrogen and oxygen atoms in total. The minimum absolute atomic E-state index is 0.0208. The lowest BCUT2D eigenvalue weighted by atomic mass is 9.78. The van der Waals surface area contributed by atoms with Gasteiger partial charge >= 0.3 is 0 Å². The minimum Gasteiger partial charge on any atom is -0.493 e. The van der Waals surface area contributed by atoms with E-state index in [-0.39, 0.29) is 11.3 Å². The van der Waals surface area contributed by atoms with Gasteiger partial charge in [-0.1, -0.05) is 18.7 Å². The molecule has 2 aromatic rings. The van der Waals surface area contributed by atoms with Crippen molar-refractivity contribution in [2.45, 2.75) is 32.1 Å². The molecule has 0 aromatic heterocycles. The standard InChI is InChI=1S/C24H24F2N2O/c1-14(28-17-5-3-16(4-6-17)19-12-27-15(19)2)9-20-18-10-21(25)22(26)11-23(18)29-13-24(20)7-8-24/h3-6,10-11,20,27-28H,1,7-9,12-13H2,2H3. The fourth-order valence-corrected chi connectivity index (χ4v) is 4.50. The van der Waals surface area contributed by atoms with Crippen LogP contribution in [0.2, 0.25) is 0 Å². The number of rotatable bonds is 5. The van der Waals surface area contributed by atoms with E-state index < -0.39 is 11.6 Å². The molecule has 1 saturated carbocycles. The molecule has 150 valence electrons. The molecule has 0 radical (unpaired) electrons. The molecule has 5 rings (SSSR count). The summed E-state index contributed by atoms with van der Waals surface area (Å²) < 4.78 is 33.3. The Balaban J connectivity index is 1.33. The molecule has 1 aliphatic carbocycles. The van der Waals surface area contributed by atoms with Crippen molar-refractivity contribution in [1.82, 2.24) is 5.32 Å². The Morgan fingerprint density at radius 1 is 1.21 bits per heavy atom. The Bertz CT molecular complexity index is 1020. The van der Waals surface area contributed by atoms with Crippen molar-refractivity contribution in [3.05, 3.63) is 77.1 Å². The van der Waals surface area contributed by atoms with E-state index in [1.165, 1.54) is 29.0 Å². The lowest BCUT2D eigenvalue weighted by molar-refractivity contribution is 0.173. The summed E-state index contributed by atoms with van der Waals surface area (Å²) in [7, 11) is 0. The summed E-state index contributed by atoms with van der Waals surface area (Å²) in [6.07, 6.45) is 2.75. The topological polar surface area (TPSA) is 33.3 Å². The summed E-state index contributed by atoms with van der Waals surface area (Å²) in [5.74, 6) is -1.14. The molecule has 0 saturated heterocycles. The van der Waals surface area contributed by atoms with Crippen molar-refractivity contribution in [2.75, 3.05) is 18.5 Å². The second-order valence-electron chi connectivity index (χ2n) is 8.47. The molecule has 1 fully saturated rings. The first kappa shape index (κ1) is 18.2. The maximum Gasteiger partial charge on any atom is 0.162 e. The van der Waals surface area contributed by atoms with Gasteiger partial charge in [-0.15, -0.1) is 0 Å². The normalized spacial score (nSPS) is 21.0. The molecule has 0 amide bonds. The highest BCUT2D eigenvalue weighted by molar-refractivity contribution is 5.75. The van der Waals surface area contributed by atoms with E-state index in [2.05, 4.69) is 48.4 Å². The lowest BCUT2D eigenvalue weighted by Gasteiger charge is -2.34. The van der Waals surface area contributed by atoms with Gasteiger partial charge in [0.2, 0.25) is 0 Å². The number of halogens is 2. The predicted octanol–water partition coefficient (Wildman–Crippen LogP) is 5.57. The lowest BCUT2D eigenvalue weighted by Crippen LogP contribution is -2.28. The van der Waals surface area contributed by atoms with Crippen LogP contribution in [0.4, 0.5) is 14.5 Å². The Morgan fingerprint density at radius 2 is 1.93 bits per heavy atom. The maximum absolute atomic E-state index is 13.9. The Morgan fingerprint density at radius 3 is 2.55 bits per heavy atom. The van der Waals surface area contributed by atoms with Crippen molar-refractivity contribution >= 4 is 11.3 Å².